The van der Waals surface area contributed by atoms with Crippen molar-refractivity contribution in [2.24, 2.45) is 0 Å². The zero-order chi connectivity index (χ0) is 20.1. The molecular weight excluding hydrogens is 358 g/mol. The van der Waals surface area contributed by atoms with Crippen molar-refractivity contribution in [2.45, 2.75) is 26.3 Å². The van der Waals surface area contributed by atoms with Crippen LogP contribution >= 0.6 is 0 Å². The van der Waals surface area contributed by atoms with E-state index in [1.54, 1.807) is 24.8 Å². The van der Waals surface area contributed by atoms with Gasteiger partial charge in [0.2, 0.25) is 0 Å². The Morgan fingerprint density at radius 1 is 1.07 bits per heavy atom. The highest BCUT2D eigenvalue weighted by molar-refractivity contribution is 5.84. The number of fused-ring (bicyclic) bond motifs is 1. The smallest absolute Gasteiger partial charge is 0.326 e. The van der Waals surface area contributed by atoms with Crippen molar-refractivity contribution in [3.05, 3.63) is 54.2 Å². The monoisotopic (exact) mass is 383 g/mol. The number of aromatic nitrogens is 1. The molecule has 0 aliphatic carbocycles. The fraction of sp³-hybridized carbons (Fsp3) is 0.318. The van der Waals surface area contributed by atoms with Crippen molar-refractivity contribution < 1.29 is 24.1 Å². The summed E-state index contributed by atoms with van der Waals surface area (Å²) < 4.78 is 18.7. The molecule has 6 nitrogen and oxygen atoms in total. The maximum atomic E-state index is 11.2. The number of carboxylic acid groups (broad SMARTS) is 1. The first kappa shape index (κ1) is 19.6. The molecule has 0 radical (unpaired) electrons. The van der Waals surface area contributed by atoms with Crippen LogP contribution in [0.3, 0.4) is 0 Å². The molecule has 2 aromatic carbocycles. The summed E-state index contributed by atoms with van der Waals surface area (Å²) in [6.07, 6.45) is 2.72. The first-order chi connectivity index (χ1) is 13.5. The molecule has 148 valence electrons. The van der Waals surface area contributed by atoms with Crippen LogP contribution in [0.25, 0.3) is 10.9 Å². The molecule has 0 aliphatic rings. The minimum atomic E-state index is -0.864. The van der Waals surface area contributed by atoms with Crippen molar-refractivity contribution in [2.75, 3.05) is 20.3 Å². The average molecular weight is 383 g/mol. The van der Waals surface area contributed by atoms with Gasteiger partial charge in [0, 0.05) is 17.1 Å². The molecule has 0 bridgehead atoms. The van der Waals surface area contributed by atoms with Crippen molar-refractivity contribution >= 4 is 16.9 Å². The molecule has 1 atom stereocenters. The van der Waals surface area contributed by atoms with E-state index in [1.165, 1.54) is 5.56 Å². The van der Waals surface area contributed by atoms with E-state index < -0.39 is 12.0 Å². The highest BCUT2D eigenvalue weighted by atomic mass is 16.5. The number of carbonyl (C=O) groups is 1. The number of aryl methyl sites for hydroxylation is 1. The molecule has 0 spiro atoms. The van der Waals surface area contributed by atoms with E-state index in [2.05, 4.69) is 6.92 Å². The predicted molar refractivity (Wildman–Crippen MR) is 108 cm³/mol. The first-order valence-corrected chi connectivity index (χ1v) is 9.29. The molecule has 1 aromatic heterocycles. The van der Waals surface area contributed by atoms with E-state index in [4.69, 9.17) is 14.2 Å². The fourth-order valence-corrected chi connectivity index (χ4v) is 3.05. The Morgan fingerprint density at radius 3 is 2.57 bits per heavy atom. The summed E-state index contributed by atoms with van der Waals surface area (Å²) >= 11 is 0. The number of benzene rings is 2. The van der Waals surface area contributed by atoms with Gasteiger partial charge in [0.25, 0.3) is 0 Å². The van der Waals surface area contributed by atoms with Crippen LogP contribution in [0.4, 0.5) is 0 Å². The zero-order valence-corrected chi connectivity index (χ0v) is 16.3. The van der Waals surface area contributed by atoms with Gasteiger partial charge in [-0.05, 0) is 55.3 Å². The second-order valence-corrected chi connectivity index (χ2v) is 6.49. The third-order valence-electron chi connectivity index (χ3n) is 4.71. The molecule has 0 saturated carbocycles. The third kappa shape index (κ3) is 4.22. The van der Waals surface area contributed by atoms with Gasteiger partial charge in [0.05, 0.1) is 7.11 Å². The van der Waals surface area contributed by atoms with Gasteiger partial charge in [-0.25, -0.2) is 4.79 Å². The molecule has 0 aliphatic heterocycles. The van der Waals surface area contributed by atoms with Gasteiger partial charge in [-0.15, -0.1) is 0 Å². The summed E-state index contributed by atoms with van der Waals surface area (Å²) in [7, 11) is 1.63. The predicted octanol–water partition coefficient (Wildman–Crippen LogP) is 4.32. The van der Waals surface area contributed by atoms with Crippen LogP contribution in [-0.4, -0.2) is 36.0 Å². The van der Waals surface area contributed by atoms with Crippen LogP contribution in [0.1, 0.15) is 25.5 Å². The molecule has 0 saturated heterocycles. The Bertz CT molecular complexity index is 963. The molecule has 1 heterocycles. The molecule has 3 rings (SSSR count). The van der Waals surface area contributed by atoms with Crippen LogP contribution < -0.4 is 14.2 Å². The lowest BCUT2D eigenvalue weighted by molar-refractivity contribution is -0.140. The van der Waals surface area contributed by atoms with Crippen LogP contribution in [0, 0.1) is 0 Å². The van der Waals surface area contributed by atoms with Gasteiger partial charge in [0.1, 0.15) is 25.0 Å². The van der Waals surface area contributed by atoms with E-state index in [0.717, 1.165) is 23.1 Å². The summed E-state index contributed by atoms with van der Waals surface area (Å²) in [5.41, 5.74) is 2.05. The molecule has 3 aromatic rings. The van der Waals surface area contributed by atoms with E-state index in [-0.39, 0.29) is 0 Å². The summed E-state index contributed by atoms with van der Waals surface area (Å²) in [5.74, 6) is 1.26. The molecule has 0 fully saturated rings. The topological polar surface area (TPSA) is 69.9 Å². The Labute approximate surface area is 164 Å². The Balaban J connectivity index is 1.59. The van der Waals surface area contributed by atoms with Crippen molar-refractivity contribution in [3.8, 4) is 17.2 Å². The minimum Gasteiger partial charge on any atom is -0.493 e. The number of ether oxygens (including phenoxy) is 3. The van der Waals surface area contributed by atoms with Gasteiger partial charge in [-0.1, -0.05) is 13.0 Å². The fourth-order valence-electron chi connectivity index (χ4n) is 3.05. The van der Waals surface area contributed by atoms with Gasteiger partial charge in [-0.3, -0.25) is 0 Å². The summed E-state index contributed by atoms with van der Waals surface area (Å²) in [5, 5.41) is 10.1. The van der Waals surface area contributed by atoms with Gasteiger partial charge < -0.3 is 23.9 Å². The Hall–Kier alpha value is -3.15. The quantitative estimate of drug-likeness (QED) is 0.558. The van der Waals surface area contributed by atoms with Crippen LogP contribution in [-0.2, 0) is 11.2 Å². The van der Waals surface area contributed by atoms with Gasteiger partial charge in [0.15, 0.2) is 11.5 Å². The molecule has 0 amide bonds. The van der Waals surface area contributed by atoms with E-state index >= 15 is 0 Å². The van der Waals surface area contributed by atoms with E-state index in [9.17, 15) is 9.90 Å². The Kier molecular flexibility index (Phi) is 6.09. The molecule has 1 unspecified atom stereocenters. The Morgan fingerprint density at radius 2 is 1.86 bits per heavy atom. The normalized spacial score (nSPS) is 12.0. The minimum absolute atomic E-state index is 0.385. The molecular formula is C22H25NO5. The lowest BCUT2D eigenvalue weighted by atomic mass is 10.1. The number of methoxy groups -OCH3 is 1. The number of nitrogens with zero attached hydrogens (tertiary/aromatic N) is 1. The van der Waals surface area contributed by atoms with Crippen molar-refractivity contribution in [1.29, 1.82) is 0 Å². The number of hydrogen-bond donors (Lipinski definition) is 1. The maximum absolute atomic E-state index is 11.2. The highest BCUT2D eigenvalue weighted by Gasteiger charge is 2.15. The van der Waals surface area contributed by atoms with E-state index in [1.807, 2.05) is 42.5 Å². The largest absolute Gasteiger partial charge is 0.493 e. The summed E-state index contributed by atoms with van der Waals surface area (Å²) in [6.45, 7) is 4.52. The first-order valence-electron chi connectivity index (χ1n) is 9.29. The average Bonchev–Trinajstić information content (AvgIpc) is 3.13. The second-order valence-electron chi connectivity index (χ2n) is 6.49. The molecule has 6 heteroatoms. The SMILES string of the molecule is CCc1ccc(OCCOc2ccc3c(ccn3C(C)C(=O)O)c2)c(OC)c1. The lowest BCUT2D eigenvalue weighted by Crippen LogP contribution is -2.14. The van der Waals surface area contributed by atoms with Crippen molar-refractivity contribution in [3.63, 3.8) is 0 Å². The number of rotatable bonds is 9. The highest BCUT2D eigenvalue weighted by Crippen LogP contribution is 2.28. The number of aliphatic carboxylic acids is 1. The van der Waals surface area contributed by atoms with Crippen LogP contribution in [0.15, 0.2) is 48.7 Å². The number of carboxylic acids is 1. The third-order valence-corrected chi connectivity index (χ3v) is 4.71. The van der Waals surface area contributed by atoms with Gasteiger partial charge in [-0.2, -0.15) is 0 Å². The van der Waals surface area contributed by atoms with Gasteiger partial charge >= 0.3 is 5.97 Å². The van der Waals surface area contributed by atoms with E-state index in [0.29, 0.717) is 24.7 Å². The summed E-state index contributed by atoms with van der Waals surface area (Å²) in [6, 6.07) is 12.8. The van der Waals surface area contributed by atoms with Crippen molar-refractivity contribution in [1.82, 2.24) is 4.57 Å². The summed E-state index contributed by atoms with van der Waals surface area (Å²) in [4.78, 5) is 11.2. The second kappa shape index (κ2) is 8.69. The van der Waals surface area contributed by atoms with Crippen LogP contribution in [0.5, 0.6) is 17.2 Å². The lowest BCUT2D eigenvalue weighted by Gasteiger charge is -2.13. The zero-order valence-electron chi connectivity index (χ0n) is 16.3. The standard InChI is InChI=1S/C22H25NO5/c1-4-16-5-8-20(21(13-16)26-3)28-12-11-27-18-6-7-19-17(14-18)9-10-23(19)15(2)22(24)25/h5-10,13-15H,4,11-12H2,1-3H3,(H,24,25). The molecule has 1 N–H and O–H groups in total. The number of hydrogen-bond acceptors (Lipinski definition) is 4. The van der Waals surface area contributed by atoms with Crippen LogP contribution in [0.2, 0.25) is 0 Å². The maximum Gasteiger partial charge on any atom is 0.326 e. The molecule has 28 heavy (non-hydrogen) atoms.